The topological polar surface area (TPSA) is 32.6 Å². The second-order valence-corrected chi connectivity index (χ2v) is 3.80. The van der Waals surface area contributed by atoms with Crippen LogP contribution in [0.15, 0.2) is 53.2 Å². The lowest BCUT2D eigenvalue weighted by atomic mass is 10.1. The van der Waals surface area contributed by atoms with Crippen molar-refractivity contribution >= 4 is 11.4 Å². The summed E-state index contributed by atoms with van der Waals surface area (Å²) in [4.78, 5) is 4.51. The van der Waals surface area contributed by atoms with Crippen molar-refractivity contribution in [2.24, 2.45) is 4.99 Å². The molecular weight excluding hydrogens is 198 g/mol. The summed E-state index contributed by atoms with van der Waals surface area (Å²) < 4.78 is 0. The van der Waals surface area contributed by atoms with Crippen molar-refractivity contribution in [1.29, 1.82) is 0 Å². The normalized spacial score (nSPS) is 12.7. The van der Waals surface area contributed by atoms with E-state index < -0.39 is 0 Å². The van der Waals surface area contributed by atoms with Crippen LogP contribution in [0.5, 0.6) is 0 Å². The Kier molecular flexibility index (Phi) is 4.06. The predicted octanol–water partition coefficient (Wildman–Crippen LogP) is 4.11. The molecular formula is C14H17NO. The molecule has 0 aliphatic carbocycles. The van der Waals surface area contributed by atoms with Crippen LogP contribution in [-0.2, 0) is 0 Å². The number of allylic oxidation sites excluding steroid dienone is 2. The number of aliphatic hydroxyl groups is 1. The van der Waals surface area contributed by atoms with Gasteiger partial charge in [-0.15, -0.1) is 0 Å². The van der Waals surface area contributed by atoms with Gasteiger partial charge in [-0.1, -0.05) is 24.8 Å². The molecule has 0 amide bonds. The molecule has 1 rings (SSSR count). The second-order valence-electron chi connectivity index (χ2n) is 3.80. The Hall–Kier alpha value is -1.83. The summed E-state index contributed by atoms with van der Waals surface area (Å²) in [6, 6.07) is 7.95. The van der Waals surface area contributed by atoms with Crippen LogP contribution in [0, 0.1) is 6.92 Å². The lowest BCUT2D eigenvalue weighted by Gasteiger charge is -2.03. The SMILES string of the molecule is C=C(O)/C=C(\C)C(C)=Nc1ccccc1C. The fourth-order valence-corrected chi connectivity index (χ4v) is 1.31. The number of hydrogen-bond donors (Lipinski definition) is 1. The maximum absolute atomic E-state index is 9.07. The maximum Gasteiger partial charge on any atom is 0.108 e. The first-order chi connectivity index (χ1) is 7.50. The highest BCUT2D eigenvalue weighted by atomic mass is 16.3. The number of nitrogens with zero attached hydrogens (tertiary/aromatic N) is 1. The number of hydrogen-bond acceptors (Lipinski definition) is 2. The molecule has 0 spiro atoms. The molecule has 0 heterocycles. The van der Waals surface area contributed by atoms with E-state index >= 15 is 0 Å². The molecule has 0 fully saturated rings. The zero-order valence-corrected chi connectivity index (χ0v) is 9.99. The molecule has 0 saturated heterocycles. The molecule has 0 aliphatic rings. The Bertz CT molecular complexity index is 456. The molecule has 2 nitrogen and oxygen atoms in total. The van der Waals surface area contributed by atoms with Crippen LogP contribution < -0.4 is 0 Å². The van der Waals surface area contributed by atoms with Crippen LogP contribution >= 0.6 is 0 Å². The van der Waals surface area contributed by atoms with Crippen LogP contribution in [-0.4, -0.2) is 10.8 Å². The van der Waals surface area contributed by atoms with Gasteiger partial charge in [0.25, 0.3) is 0 Å². The van der Waals surface area contributed by atoms with E-state index in [1.54, 1.807) is 6.08 Å². The first-order valence-corrected chi connectivity index (χ1v) is 5.18. The van der Waals surface area contributed by atoms with Gasteiger partial charge in [0, 0.05) is 5.71 Å². The van der Waals surface area contributed by atoms with Gasteiger partial charge in [-0.2, -0.15) is 0 Å². The second kappa shape index (κ2) is 5.31. The van der Waals surface area contributed by atoms with Gasteiger partial charge in [-0.25, -0.2) is 0 Å². The van der Waals surface area contributed by atoms with Gasteiger partial charge in [-0.3, -0.25) is 4.99 Å². The minimum atomic E-state index is 0.0526. The van der Waals surface area contributed by atoms with Crippen molar-refractivity contribution in [2.75, 3.05) is 0 Å². The van der Waals surface area contributed by atoms with Crippen LogP contribution in [0.25, 0.3) is 0 Å². The Morgan fingerprint density at radius 1 is 1.31 bits per heavy atom. The largest absolute Gasteiger partial charge is 0.509 e. The number of aliphatic hydroxyl groups excluding tert-OH is 1. The average molecular weight is 215 g/mol. The quantitative estimate of drug-likeness (QED) is 0.459. The van der Waals surface area contributed by atoms with E-state index in [-0.39, 0.29) is 5.76 Å². The molecule has 1 aromatic carbocycles. The lowest BCUT2D eigenvalue weighted by molar-refractivity contribution is 0.435. The van der Waals surface area contributed by atoms with Crippen LogP contribution in [0.2, 0.25) is 0 Å². The van der Waals surface area contributed by atoms with E-state index in [2.05, 4.69) is 11.6 Å². The first kappa shape index (κ1) is 12.2. The smallest absolute Gasteiger partial charge is 0.108 e. The van der Waals surface area contributed by atoms with Crippen molar-refractivity contribution in [3.05, 3.63) is 53.8 Å². The number of aliphatic imine (C=N–C) groups is 1. The van der Waals surface area contributed by atoms with Crippen molar-refractivity contribution in [3.8, 4) is 0 Å². The van der Waals surface area contributed by atoms with E-state index in [0.717, 1.165) is 22.5 Å². The minimum Gasteiger partial charge on any atom is -0.509 e. The van der Waals surface area contributed by atoms with Gasteiger partial charge >= 0.3 is 0 Å². The molecule has 0 saturated carbocycles. The lowest BCUT2D eigenvalue weighted by Crippen LogP contribution is -1.93. The van der Waals surface area contributed by atoms with Gasteiger partial charge in [0.15, 0.2) is 0 Å². The third-order valence-corrected chi connectivity index (χ3v) is 2.36. The monoisotopic (exact) mass is 215 g/mol. The van der Waals surface area contributed by atoms with Crippen molar-refractivity contribution in [1.82, 2.24) is 0 Å². The number of para-hydroxylation sites is 1. The van der Waals surface area contributed by atoms with E-state index in [0.29, 0.717) is 0 Å². The summed E-state index contributed by atoms with van der Waals surface area (Å²) in [5.41, 5.74) is 3.88. The Labute approximate surface area is 96.7 Å². The molecule has 0 aliphatic heterocycles. The molecule has 0 atom stereocenters. The fourth-order valence-electron chi connectivity index (χ4n) is 1.31. The van der Waals surface area contributed by atoms with E-state index in [1.165, 1.54) is 0 Å². The first-order valence-electron chi connectivity index (χ1n) is 5.18. The molecule has 1 N–H and O–H groups in total. The standard InChI is InChI=1S/C14H17NO/c1-10-7-5-6-8-14(10)15-13(4)11(2)9-12(3)16/h5-9,16H,3H2,1-2,4H3/b11-9+,15-13?. The summed E-state index contributed by atoms with van der Waals surface area (Å²) in [5.74, 6) is 0.0526. The van der Waals surface area contributed by atoms with Crippen molar-refractivity contribution in [3.63, 3.8) is 0 Å². The number of aryl methyl sites for hydroxylation is 1. The van der Waals surface area contributed by atoms with Crippen molar-refractivity contribution < 1.29 is 5.11 Å². The molecule has 0 radical (unpaired) electrons. The van der Waals surface area contributed by atoms with E-state index in [4.69, 9.17) is 5.11 Å². The zero-order chi connectivity index (χ0) is 12.1. The third kappa shape index (κ3) is 3.39. The Balaban J connectivity index is 3.02. The Morgan fingerprint density at radius 2 is 1.94 bits per heavy atom. The van der Waals surface area contributed by atoms with Gasteiger partial charge in [0.05, 0.1) is 5.69 Å². The zero-order valence-electron chi connectivity index (χ0n) is 9.99. The summed E-state index contributed by atoms with van der Waals surface area (Å²) in [6.45, 7) is 9.27. The number of rotatable bonds is 3. The maximum atomic E-state index is 9.07. The van der Waals surface area contributed by atoms with Crippen LogP contribution in [0.4, 0.5) is 5.69 Å². The minimum absolute atomic E-state index is 0.0526. The molecule has 2 heteroatoms. The van der Waals surface area contributed by atoms with Gasteiger partial charge < -0.3 is 5.11 Å². The highest BCUT2D eigenvalue weighted by Gasteiger charge is 1.98. The molecule has 16 heavy (non-hydrogen) atoms. The van der Waals surface area contributed by atoms with Crippen molar-refractivity contribution in [2.45, 2.75) is 20.8 Å². The van der Waals surface area contributed by atoms with Crippen LogP contribution in [0.1, 0.15) is 19.4 Å². The van der Waals surface area contributed by atoms with Gasteiger partial charge in [0.2, 0.25) is 0 Å². The Morgan fingerprint density at radius 3 is 2.50 bits per heavy atom. The summed E-state index contributed by atoms with van der Waals surface area (Å²) in [6.07, 6.45) is 1.61. The molecule has 1 aromatic rings. The molecule has 0 bridgehead atoms. The highest BCUT2D eigenvalue weighted by molar-refractivity contribution is 5.99. The molecule has 0 unspecified atom stereocenters. The van der Waals surface area contributed by atoms with E-state index in [1.807, 2.05) is 45.0 Å². The number of benzene rings is 1. The molecule has 0 aromatic heterocycles. The average Bonchev–Trinajstić information content (AvgIpc) is 2.20. The summed E-state index contributed by atoms with van der Waals surface area (Å²) in [7, 11) is 0. The molecule has 84 valence electrons. The van der Waals surface area contributed by atoms with Crippen LogP contribution in [0.3, 0.4) is 0 Å². The van der Waals surface area contributed by atoms with Gasteiger partial charge in [0.1, 0.15) is 5.76 Å². The van der Waals surface area contributed by atoms with Gasteiger partial charge in [-0.05, 0) is 44.1 Å². The third-order valence-electron chi connectivity index (χ3n) is 2.36. The highest BCUT2D eigenvalue weighted by Crippen LogP contribution is 2.18. The fraction of sp³-hybridized carbons (Fsp3) is 0.214. The summed E-state index contributed by atoms with van der Waals surface area (Å²) in [5, 5.41) is 9.07. The van der Waals surface area contributed by atoms with E-state index in [9.17, 15) is 0 Å². The summed E-state index contributed by atoms with van der Waals surface area (Å²) >= 11 is 0. The predicted molar refractivity (Wildman–Crippen MR) is 69.5 cm³/mol.